The number of morpholine rings is 1. The second-order valence-electron chi connectivity index (χ2n) is 9.40. The molecule has 4 aromatic rings. The van der Waals surface area contributed by atoms with Crippen LogP contribution in [-0.2, 0) is 4.74 Å². The van der Waals surface area contributed by atoms with Crippen molar-refractivity contribution in [3.8, 4) is 5.69 Å². The summed E-state index contributed by atoms with van der Waals surface area (Å²) in [6, 6.07) is 16.1. The standard InChI is InChI=1S/C27H28N6O4/c1-17(2)19-4-6-20(7-5-19)32-29-24-14-18(3)23(16-25(24)30-32)28-27(34)22-15-21(33(35)36)8-9-26(22)31-10-12-37-13-11-31/h4-9,14-17H,10-13H2,1-3H3,(H,28,34). The number of nitrogens with one attached hydrogen (secondary N) is 1. The van der Waals surface area contributed by atoms with E-state index in [1.165, 1.54) is 17.7 Å². The van der Waals surface area contributed by atoms with Gasteiger partial charge >= 0.3 is 0 Å². The van der Waals surface area contributed by atoms with Crippen LogP contribution in [0.4, 0.5) is 17.1 Å². The number of benzene rings is 3. The van der Waals surface area contributed by atoms with Gasteiger partial charge in [0.1, 0.15) is 11.0 Å². The van der Waals surface area contributed by atoms with Crippen molar-refractivity contribution < 1.29 is 14.5 Å². The van der Waals surface area contributed by atoms with Gasteiger partial charge in [-0.15, -0.1) is 10.2 Å². The number of hydrogen-bond acceptors (Lipinski definition) is 7. The van der Waals surface area contributed by atoms with Gasteiger partial charge in [0, 0.05) is 30.9 Å². The van der Waals surface area contributed by atoms with Crippen LogP contribution in [0.1, 0.15) is 41.3 Å². The summed E-state index contributed by atoms with van der Waals surface area (Å²) in [5, 5.41) is 23.6. The van der Waals surface area contributed by atoms with Gasteiger partial charge in [-0.1, -0.05) is 26.0 Å². The third-order valence-electron chi connectivity index (χ3n) is 6.55. The number of nitro groups is 1. The van der Waals surface area contributed by atoms with Gasteiger partial charge in [0.25, 0.3) is 11.6 Å². The Morgan fingerprint density at radius 2 is 1.70 bits per heavy atom. The lowest BCUT2D eigenvalue weighted by molar-refractivity contribution is -0.384. The molecule has 0 aliphatic carbocycles. The van der Waals surface area contributed by atoms with Crippen molar-refractivity contribution in [3.05, 3.63) is 81.4 Å². The van der Waals surface area contributed by atoms with Gasteiger partial charge < -0.3 is 15.0 Å². The molecule has 0 spiro atoms. The molecule has 1 aliphatic rings. The van der Waals surface area contributed by atoms with Crippen LogP contribution >= 0.6 is 0 Å². The van der Waals surface area contributed by atoms with E-state index in [0.717, 1.165) is 11.3 Å². The van der Waals surface area contributed by atoms with E-state index in [4.69, 9.17) is 4.74 Å². The molecule has 0 radical (unpaired) electrons. The Morgan fingerprint density at radius 1 is 1.03 bits per heavy atom. The van der Waals surface area contributed by atoms with Crippen molar-refractivity contribution in [1.29, 1.82) is 0 Å². The molecule has 1 aliphatic heterocycles. The van der Waals surface area contributed by atoms with E-state index in [9.17, 15) is 14.9 Å². The molecule has 10 heteroatoms. The van der Waals surface area contributed by atoms with E-state index >= 15 is 0 Å². The van der Waals surface area contributed by atoms with Crippen molar-refractivity contribution in [2.24, 2.45) is 0 Å². The molecule has 2 heterocycles. The number of anilines is 2. The Kier molecular flexibility index (Phi) is 6.58. The number of carbonyl (C=O) groups is 1. The molecule has 0 saturated carbocycles. The Balaban J connectivity index is 1.45. The van der Waals surface area contributed by atoms with Crippen molar-refractivity contribution >= 4 is 34.0 Å². The summed E-state index contributed by atoms with van der Waals surface area (Å²) < 4.78 is 5.42. The average molecular weight is 501 g/mol. The van der Waals surface area contributed by atoms with Crippen molar-refractivity contribution in [2.45, 2.75) is 26.7 Å². The number of aryl methyl sites for hydroxylation is 1. The summed E-state index contributed by atoms with van der Waals surface area (Å²) in [6.07, 6.45) is 0. The molecule has 1 N–H and O–H groups in total. The van der Waals surface area contributed by atoms with Crippen LogP contribution in [0.15, 0.2) is 54.6 Å². The van der Waals surface area contributed by atoms with Gasteiger partial charge in [0.05, 0.1) is 35.1 Å². The molecule has 0 atom stereocenters. The van der Waals surface area contributed by atoms with Crippen molar-refractivity contribution in [2.75, 3.05) is 36.5 Å². The van der Waals surface area contributed by atoms with E-state index in [-0.39, 0.29) is 11.3 Å². The second-order valence-corrected chi connectivity index (χ2v) is 9.40. The van der Waals surface area contributed by atoms with Crippen molar-refractivity contribution in [1.82, 2.24) is 15.0 Å². The summed E-state index contributed by atoms with van der Waals surface area (Å²) in [7, 11) is 0. The highest BCUT2D eigenvalue weighted by Crippen LogP contribution is 2.29. The quantitative estimate of drug-likeness (QED) is 0.297. The maximum absolute atomic E-state index is 13.4. The SMILES string of the molecule is Cc1cc2nn(-c3ccc(C(C)C)cc3)nc2cc1NC(=O)c1cc([N+](=O)[O-])ccc1N1CCOCC1. The van der Waals surface area contributed by atoms with Crippen LogP contribution in [0, 0.1) is 17.0 Å². The number of amides is 1. The second kappa shape index (κ2) is 9.98. The van der Waals surface area contributed by atoms with Crippen LogP contribution < -0.4 is 10.2 Å². The zero-order valence-corrected chi connectivity index (χ0v) is 21.0. The molecule has 5 rings (SSSR count). The molecule has 1 fully saturated rings. The van der Waals surface area contributed by atoms with Gasteiger partial charge in [0.15, 0.2) is 0 Å². The van der Waals surface area contributed by atoms with Gasteiger partial charge in [-0.3, -0.25) is 14.9 Å². The largest absolute Gasteiger partial charge is 0.378 e. The molecule has 10 nitrogen and oxygen atoms in total. The molecule has 37 heavy (non-hydrogen) atoms. The Labute approximate surface area is 214 Å². The topological polar surface area (TPSA) is 115 Å². The van der Waals surface area contributed by atoms with Crippen LogP contribution in [0.5, 0.6) is 0 Å². The number of aromatic nitrogens is 3. The molecule has 1 amide bonds. The average Bonchev–Trinajstić information content (AvgIpc) is 3.31. The Bertz CT molecular complexity index is 1470. The van der Waals surface area contributed by atoms with E-state index in [1.54, 1.807) is 16.9 Å². The van der Waals surface area contributed by atoms with E-state index in [0.29, 0.717) is 54.6 Å². The lowest BCUT2D eigenvalue weighted by Gasteiger charge is -2.30. The van der Waals surface area contributed by atoms with E-state index in [1.807, 2.05) is 30.0 Å². The zero-order valence-electron chi connectivity index (χ0n) is 21.0. The molecule has 0 unspecified atom stereocenters. The summed E-state index contributed by atoms with van der Waals surface area (Å²) >= 11 is 0. The highest BCUT2D eigenvalue weighted by atomic mass is 16.6. The highest BCUT2D eigenvalue weighted by Gasteiger charge is 2.23. The van der Waals surface area contributed by atoms with Gasteiger partial charge in [-0.25, -0.2) is 0 Å². The fourth-order valence-electron chi connectivity index (χ4n) is 4.40. The Hall–Kier alpha value is -4.31. The number of fused-ring (bicyclic) bond motifs is 1. The summed E-state index contributed by atoms with van der Waals surface area (Å²) in [6.45, 7) is 8.43. The third kappa shape index (κ3) is 5.01. The lowest BCUT2D eigenvalue weighted by Crippen LogP contribution is -2.37. The number of non-ortho nitro benzene ring substituents is 1. The third-order valence-corrected chi connectivity index (χ3v) is 6.55. The molecule has 3 aromatic carbocycles. The molecular weight excluding hydrogens is 472 g/mol. The summed E-state index contributed by atoms with van der Waals surface area (Å²) in [4.78, 5) is 27.9. The summed E-state index contributed by atoms with van der Waals surface area (Å²) in [5.41, 5.74) is 5.52. The van der Waals surface area contributed by atoms with Crippen LogP contribution in [0.2, 0.25) is 0 Å². The number of nitrogens with zero attached hydrogens (tertiary/aromatic N) is 5. The fourth-order valence-corrected chi connectivity index (χ4v) is 4.40. The number of hydrogen-bond donors (Lipinski definition) is 1. The first-order chi connectivity index (χ1) is 17.8. The van der Waals surface area contributed by atoms with Gasteiger partial charge in [-0.05, 0) is 54.3 Å². The predicted octanol–water partition coefficient (Wildman–Crippen LogP) is 4.85. The molecule has 1 aromatic heterocycles. The highest BCUT2D eigenvalue weighted by molar-refractivity contribution is 6.09. The van der Waals surface area contributed by atoms with Crippen LogP contribution in [-0.4, -0.2) is 52.1 Å². The number of nitro benzene ring substituents is 1. The number of carbonyl (C=O) groups excluding carboxylic acids is 1. The van der Waals surface area contributed by atoms with Crippen LogP contribution in [0.3, 0.4) is 0 Å². The first-order valence-corrected chi connectivity index (χ1v) is 12.2. The summed E-state index contributed by atoms with van der Waals surface area (Å²) in [5.74, 6) is 0.00615. The zero-order chi connectivity index (χ0) is 26.1. The van der Waals surface area contributed by atoms with Crippen LogP contribution in [0.25, 0.3) is 16.7 Å². The predicted molar refractivity (Wildman–Crippen MR) is 142 cm³/mol. The van der Waals surface area contributed by atoms with E-state index < -0.39 is 10.8 Å². The van der Waals surface area contributed by atoms with E-state index in [2.05, 4.69) is 41.5 Å². The minimum absolute atomic E-state index is 0.138. The first kappa shape index (κ1) is 24.4. The monoisotopic (exact) mass is 500 g/mol. The minimum Gasteiger partial charge on any atom is -0.378 e. The number of ether oxygens (including phenoxy) is 1. The number of rotatable bonds is 6. The molecular formula is C27H28N6O4. The lowest BCUT2D eigenvalue weighted by atomic mass is 10.0. The first-order valence-electron chi connectivity index (χ1n) is 12.2. The smallest absolute Gasteiger partial charge is 0.270 e. The van der Waals surface area contributed by atoms with Gasteiger partial charge in [-0.2, -0.15) is 4.80 Å². The Morgan fingerprint density at radius 3 is 2.35 bits per heavy atom. The minimum atomic E-state index is -0.497. The van der Waals surface area contributed by atoms with Crippen molar-refractivity contribution in [3.63, 3.8) is 0 Å². The molecule has 0 bridgehead atoms. The molecule has 1 saturated heterocycles. The fraction of sp³-hybridized carbons (Fsp3) is 0.296. The maximum Gasteiger partial charge on any atom is 0.270 e. The maximum atomic E-state index is 13.4. The normalized spacial score (nSPS) is 13.8. The van der Waals surface area contributed by atoms with Gasteiger partial charge in [0.2, 0.25) is 0 Å². The molecule has 190 valence electrons.